The molecule has 0 unspecified atom stereocenters. The summed E-state index contributed by atoms with van der Waals surface area (Å²) in [5, 5.41) is 4.80. The molecule has 32 heavy (non-hydrogen) atoms. The number of carbonyl (C=O) groups excluding carboxylic acids is 1. The number of likely N-dealkylation sites (tertiary alicyclic amines) is 1. The van der Waals surface area contributed by atoms with Crippen molar-refractivity contribution in [3.8, 4) is 5.75 Å². The largest absolute Gasteiger partial charge is 0.496 e. The van der Waals surface area contributed by atoms with E-state index in [1.165, 1.54) is 38.2 Å². The van der Waals surface area contributed by atoms with Crippen molar-refractivity contribution in [3.05, 3.63) is 53.1 Å². The average molecular weight is 438 g/mol. The molecular weight excluding hydrogens is 409 g/mol. The number of fused-ring (bicyclic) bond motifs is 1. The minimum atomic E-state index is -0.427. The van der Waals surface area contributed by atoms with Gasteiger partial charge in [-0.2, -0.15) is 5.10 Å². The zero-order valence-corrected chi connectivity index (χ0v) is 18.6. The summed E-state index contributed by atoms with van der Waals surface area (Å²) in [6.45, 7) is 4.77. The molecule has 0 saturated carbocycles. The first kappa shape index (κ1) is 20.7. The smallest absolute Gasteiger partial charge is 0.258 e. The fraction of sp³-hybridized carbons (Fsp3) is 0.458. The highest BCUT2D eigenvalue weighted by Crippen LogP contribution is 2.34. The van der Waals surface area contributed by atoms with Crippen LogP contribution in [0.25, 0.3) is 5.65 Å². The van der Waals surface area contributed by atoms with Crippen LogP contribution in [0.15, 0.2) is 30.5 Å². The second-order valence-corrected chi connectivity index (χ2v) is 8.67. The van der Waals surface area contributed by atoms with Crippen LogP contribution in [0.1, 0.15) is 59.8 Å². The van der Waals surface area contributed by atoms with E-state index in [2.05, 4.69) is 11.8 Å². The molecule has 4 heterocycles. The molecule has 1 amide bonds. The highest BCUT2D eigenvalue weighted by molar-refractivity contribution is 5.97. The van der Waals surface area contributed by atoms with E-state index >= 15 is 0 Å². The molecule has 0 aliphatic carbocycles. The fourth-order valence-electron chi connectivity index (χ4n) is 4.91. The van der Waals surface area contributed by atoms with E-state index in [0.29, 0.717) is 12.1 Å². The molecule has 5 rings (SSSR count). The lowest BCUT2D eigenvalue weighted by Crippen LogP contribution is -2.38. The van der Waals surface area contributed by atoms with Gasteiger partial charge in [-0.05, 0) is 51.2 Å². The molecule has 2 saturated heterocycles. The van der Waals surface area contributed by atoms with Crippen LogP contribution in [0.2, 0.25) is 0 Å². The molecule has 0 radical (unpaired) electrons. The van der Waals surface area contributed by atoms with Gasteiger partial charge in [-0.15, -0.1) is 0 Å². The van der Waals surface area contributed by atoms with Gasteiger partial charge in [0.1, 0.15) is 17.4 Å². The van der Waals surface area contributed by atoms with E-state index in [1.54, 1.807) is 0 Å². The van der Waals surface area contributed by atoms with Crippen LogP contribution < -0.4 is 9.64 Å². The summed E-state index contributed by atoms with van der Waals surface area (Å²) in [6.07, 6.45) is 7.20. The van der Waals surface area contributed by atoms with Gasteiger partial charge in [0.05, 0.1) is 24.4 Å². The standard InChI is InChI=1S/C24H28FN5O2/c1-16-15-30-22(26-23(16)28-10-5-6-11-28)14-19(27-30)20-7-3-4-12-29(20)24(31)18-9-8-17(25)13-21(18)32-2/h8-9,13-15,20H,3-7,10-12H2,1-2H3/t20-/m0/s1. The zero-order valence-electron chi connectivity index (χ0n) is 18.6. The second kappa shape index (κ2) is 8.41. The molecule has 2 aliphatic heterocycles. The van der Waals surface area contributed by atoms with Crippen molar-refractivity contribution in [3.63, 3.8) is 0 Å². The number of methoxy groups -OCH3 is 1. The minimum absolute atomic E-state index is 0.150. The topological polar surface area (TPSA) is 63.0 Å². The van der Waals surface area contributed by atoms with E-state index in [1.807, 2.05) is 21.7 Å². The predicted octanol–water partition coefficient (Wildman–Crippen LogP) is 4.15. The molecule has 0 bridgehead atoms. The number of ether oxygens (including phenoxy) is 1. The molecule has 2 fully saturated rings. The number of amides is 1. The lowest BCUT2D eigenvalue weighted by atomic mass is 9.98. The number of hydrogen-bond acceptors (Lipinski definition) is 5. The number of piperidine rings is 1. The third-order valence-corrected chi connectivity index (χ3v) is 6.53. The van der Waals surface area contributed by atoms with Crippen LogP contribution >= 0.6 is 0 Å². The van der Waals surface area contributed by atoms with Crippen molar-refractivity contribution in [1.82, 2.24) is 19.5 Å². The summed E-state index contributed by atoms with van der Waals surface area (Å²) in [4.78, 5) is 22.5. The summed E-state index contributed by atoms with van der Waals surface area (Å²) in [6, 6.07) is 5.90. The van der Waals surface area contributed by atoms with Gasteiger partial charge in [-0.3, -0.25) is 4.79 Å². The van der Waals surface area contributed by atoms with Crippen molar-refractivity contribution in [2.45, 2.75) is 45.1 Å². The first-order chi connectivity index (χ1) is 15.5. The number of benzene rings is 1. The number of halogens is 1. The average Bonchev–Trinajstić information content (AvgIpc) is 3.47. The summed E-state index contributed by atoms with van der Waals surface area (Å²) < 4.78 is 20.7. The number of aryl methyl sites for hydroxylation is 1. The molecule has 2 aliphatic rings. The number of aromatic nitrogens is 3. The Morgan fingerprint density at radius 2 is 1.91 bits per heavy atom. The Hall–Kier alpha value is -3.16. The Morgan fingerprint density at radius 3 is 2.69 bits per heavy atom. The summed E-state index contributed by atoms with van der Waals surface area (Å²) in [5.74, 6) is 0.686. The maximum Gasteiger partial charge on any atom is 0.258 e. The first-order valence-electron chi connectivity index (χ1n) is 11.3. The van der Waals surface area contributed by atoms with Gasteiger partial charge in [0.15, 0.2) is 5.65 Å². The minimum Gasteiger partial charge on any atom is -0.496 e. The quantitative estimate of drug-likeness (QED) is 0.614. The highest BCUT2D eigenvalue weighted by atomic mass is 19.1. The number of anilines is 1. The van der Waals surface area contributed by atoms with Crippen LogP contribution in [0, 0.1) is 12.7 Å². The molecule has 1 atom stereocenters. The first-order valence-corrected chi connectivity index (χ1v) is 11.3. The molecule has 2 aromatic heterocycles. The summed E-state index contributed by atoms with van der Waals surface area (Å²) in [5.41, 5.74) is 3.10. The molecule has 168 valence electrons. The normalized spacial score (nSPS) is 19.0. The van der Waals surface area contributed by atoms with Crippen LogP contribution in [-0.2, 0) is 0 Å². The van der Waals surface area contributed by atoms with Gasteiger partial charge in [-0.25, -0.2) is 13.9 Å². The number of hydrogen-bond donors (Lipinski definition) is 0. The molecule has 0 N–H and O–H groups in total. The maximum absolute atomic E-state index is 13.6. The number of carbonyl (C=O) groups is 1. The van der Waals surface area contributed by atoms with Crippen molar-refractivity contribution >= 4 is 17.4 Å². The summed E-state index contributed by atoms with van der Waals surface area (Å²) in [7, 11) is 1.45. The van der Waals surface area contributed by atoms with Gasteiger partial charge in [0, 0.05) is 43.5 Å². The van der Waals surface area contributed by atoms with Gasteiger partial charge in [0.2, 0.25) is 0 Å². The number of rotatable bonds is 4. The Labute approximate surface area is 186 Å². The Morgan fingerprint density at radius 1 is 1.12 bits per heavy atom. The monoisotopic (exact) mass is 437 g/mol. The fourth-order valence-corrected chi connectivity index (χ4v) is 4.91. The maximum atomic E-state index is 13.6. The van der Waals surface area contributed by atoms with E-state index < -0.39 is 5.82 Å². The molecule has 0 spiro atoms. The van der Waals surface area contributed by atoms with Gasteiger partial charge in [0.25, 0.3) is 5.91 Å². The van der Waals surface area contributed by atoms with Gasteiger partial charge in [-0.1, -0.05) is 0 Å². The molecule has 7 nitrogen and oxygen atoms in total. The van der Waals surface area contributed by atoms with Crippen LogP contribution in [0.5, 0.6) is 5.75 Å². The van der Waals surface area contributed by atoms with Crippen LogP contribution in [-0.4, -0.2) is 52.1 Å². The van der Waals surface area contributed by atoms with E-state index in [0.717, 1.165) is 55.1 Å². The lowest BCUT2D eigenvalue weighted by molar-refractivity contribution is 0.0602. The Kier molecular flexibility index (Phi) is 5.45. The Bertz CT molecular complexity index is 1150. The molecule has 1 aromatic carbocycles. The van der Waals surface area contributed by atoms with E-state index in [-0.39, 0.29) is 17.7 Å². The molecule has 8 heteroatoms. The van der Waals surface area contributed by atoms with Crippen molar-refractivity contribution in [2.24, 2.45) is 0 Å². The van der Waals surface area contributed by atoms with Crippen molar-refractivity contribution in [2.75, 3.05) is 31.6 Å². The Balaban J connectivity index is 1.49. The van der Waals surface area contributed by atoms with Gasteiger partial charge < -0.3 is 14.5 Å². The van der Waals surface area contributed by atoms with Gasteiger partial charge >= 0.3 is 0 Å². The summed E-state index contributed by atoms with van der Waals surface area (Å²) >= 11 is 0. The third-order valence-electron chi connectivity index (χ3n) is 6.53. The van der Waals surface area contributed by atoms with Crippen LogP contribution in [0.4, 0.5) is 10.2 Å². The second-order valence-electron chi connectivity index (χ2n) is 8.67. The van der Waals surface area contributed by atoms with Crippen LogP contribution in [0.3, 0.4) is 0 Å². The van der Waals surface area contributed by atoms with E-state index in [9.17, 15) is 9.18 Å². The number of nitrogens with zero attached hydrogens (tertiary/aromatic N) is 5. The third kappa shape index (κ3) is 3.67. The lowest BCUT2D eigenvalue weighted by Gasteiger charge is -2.35. The zero-order chi connectivity index (χ0) is 22.2. The van der Waals surface area contributed by atoms with Crippen molar-refractivity contribution < 1.29 is 13.9 Å². The molecule has 3 aromatic rings. The SMILES string of the molecule is COc1cc(F)ccc1C(=O)N1CCCC[C@H]1c1cc2nc(N3CCCC3)c(C)cn2n1. The highest BCUT2D eigenvalue weighted by Gasteiger charge is 2.32. The predicted molar refractivity (Wildman–Crippen MR) is 120 cm³/mol. The van der Waals surface area contributed by atoms with Crippen molar-refractivity contribution in [1.29, 1.82) is 0 Å². The van der Waals surface area contributed by atoms with E-state index in [4.69, 9.17) is 14.8 Å². The molecular formula is C24H28FN5O2.